The van der Waals surface area contributed by atoms with E-state index in [4.69, 9.17) is 3.32 Å². The summed E-state index contributed by atoms with van der Waals surface area (Å²) in [6.07, 6.45) is 1.97. The molecule has 0 radical (unpaired) electrons. The first-order valence-corrected chi connectivity index (χ1v) is 18.4. The zero-order valence-electron chi connectivity index (χ0n) is 25.7. The van der Waals surface area contributed by atoms with Gasteiger partial charge in [-0.2, -0.15) is 0 Å². The first kappa shape index (κ1) is 30.4. The first-order chi connectivity index (χ1) is 22.3. The van der Waals surface area contributed by atoms with E-state index >= 15 is 0 Å². The predicted octanol–water partition coefficient (Wildman–Crippen LogP) is 11.1. The van der Waals surface area contributed by atoms with E-state index in [0.717, 1.165) is 47.0 Å². The molecule has 0 aliphatic carbocycles. The van der Waals surface area contributed by atoms with Crippen LogP contribution >= 0.6 is 0 Å². The number of unbranched alkanes of at least 4 members (excludes halogenated alkanes) is 1. The molecule has 6 rings (SSSR count). The summed E-state index contributed by atoms with van der Waals surface area (Å²) in [7, 11) is 0. The molecule has 0 heterocycles. The Hall–Kier alpha value is -4.61. The van der Waals surface area contributed by atoms with Gasteiger partial charge in [0.15, 0.2) is 0 Å². The Morgan fingerprint density at radius 2 is 0.600 bits per heavy atom. The van der Waals surface area contributed by atoms with Crippen LogP contribution in [0.4, 0.5) is 34.1 Å². The SMILES string of the molecule is CCCC[O][Ti]([N](c1ccccc1)c1ccccc1)([N](c1ccccc1)c1ccccc1)[N](c1ccccc1)c1ccccc1. The molecular weight excluding hydrogens is 586 g/mol. The molecule has 0 unspecified atom stereocenters. The molecule has 0 fully saturated rings. The van der Waals surface area contributed by atoms with E-state index in [-0.39, 0.29) is 0 Å². The van der Waals surface area contributed by atoms with Crippen LogP contribution in [0.25, 0.3) is 0 Å². The molecule has 0 spiro atoms. The van der Waals surface area contributed by atoms with Gasteiger partial charge in [-0.3, -0.25) is 0 Å². The number of anilines is 6. The molecule has 0 bridgehead atoms. The summed E-state index contributed by atoms with van der Waals surface area (Å²) >= 11 is -4.50. The molecular formula is C40H39N3OTi. The third kappa shape index (κ3) is 6.59. The molecule has 0 aliphatic heterocycles. The van der Waals surface area contributed by atoms with Crippen molar-refractivity contribution in [3.05, 3.63) is 182 Å². The van der Waals surface area contributed by atoms with Crippen molar-refractivity contribution >= 4 is 34.1 Å². The summed E-state index contributed by atoms with van der Waals surface area (Å²) < 4.78 is 15.3. The van der Waals surface area contributed by atoms with Crippen molar-refractivity contribution in [1.82, 2.24) is 0 Å². The first-order valence-electron chi connectivity index (χ1n) is 15.7. The molecule has 5 heteroatoms. The monoisotopic (exact) mass is 625 g/mol. The normalized spacial score (nSPS) is 11.1. The van der Waals surface area contributed by atoms with Gasteiger partial charge >= 0.3 is 274 Å². The van der Waals surface area contributed by atoms with E-state index in [0.29, 0.717) is 6.61 Å². The molecule has 0 aliphatic rings. The standard InChI is InChI=1S/3C12H10N.C4H9O.Ti/c3*1-3-7-11(8-4-1)13-12-9-5-2-6-10-12;1-2-3-4-5;/h3*1-10H;2-4H2,1H3;/q4*-1;+4. The molecule has 6 aromatic carbocycles. The van der Waals surface area contributed by atoms with Gasteiger partial charge in [-0.1, -0.05) is 0 Å². The van der Waals surface area contributed by atoms with Crippen molar-refractivity contribution in [3.8, 4) is 0 Å². The average Bonchev–Trinajstić information content (AvgIpc) is 3.11. The molecule has 0 saturated heterocycles. The minimum absolute atomic E-state index is 0.610. The Bertz CT molecular complexity index is 1390. The van der Waals surface area contributed by atoms with Crippen LogP contribution in [0.5, 0.6) is 0 Å². The van der Waals surface area contributed by atoms with E-state index in [1.807, 2.05) is 0 Å². The van der Waals surface area contributed by atoms with E-state index in [9.17, 15) is 0 Å². The minimum atomic E-state index is -4.50. The summed E-state index contributed by atoms with van der Waals surface area (Å²) in [5, 5.41) is 0. The molecule has 0 N–H and O–H groups in total. The van der Waals surface area contributed by atoms with E-state index in [1.165, 1.54) is 0 Å². The van der Waals surface area contributed by atoms with Gasteiger partial charge in [0.25, 0.3) is 0 Å². The third-order valence-electron chi connectivity index (χ3n) is 7.75. The fourth-order valence-corrected chi connectivity index (χ4v) is 12.5. The van der Waals surface area contributed by atoms with Gasteiger partial charge in [0.1, 0.15) is 0 Å². The Morgan fingerprint density at radius 1 is 0.378 bits per heavy atom. The third-order valence-corrected chi connectivity index (χ3v) is 13.8. The van der Waals surface area contributed by atoms with Crippen molar-refractivity contribution in [2.45, 2.75) is 19.8 Å². The van der Waals surface area contributed by atoms with Crippen molar-refractivity contribution in [1.29, 1.82) is 0 Å². The van der Waals surface area contributed by atoms with Gasteiger partial charge in [-0.05, 0) is 0 Å². The van der Waals surface area contributed by atoms with Crippen molar-refractivity contribution in [2.24, 2.45) is 0 Å². The number of para-hydroxylation sites is 6. The van der Waals surface area contributed by atoms with Gasteiger partial charge in [-0.25, -0.2) is 0 Å². The van der Waals surface area contributed by atoms with Crippen molar-refractivity contribution < 1.29 is 21.1 Å². The van der Waals surface area contributed by atoms with E-state index in [1.54, 1.807) is 0 Å². The van der Waals surface area contributed by atoms with Crippen LogP contribution in [-0.2, 0) is 21.1 Å². The molecule has 4 nitrogen and oxygen atoms in total. The van der Waals surface area contributed by atoms with Gasteiger partial charge in [0.2, 0.25) is 0 Å². The molecule has 0 aromatic heterocycles. The molecule has 45 heavy (non-hydrogen) atoms. The van der Waals surface area contributed by atoms with Crippen LogP contribution in [0.15, 0.2) is 182 Å². The van der Waals surface area contributed by atoms with Crippen LogP contribution < -0.4 is 10.1 Å². The number of hydrogen-bond donors (Lipinski definition) is 0. The predicted molar refractivity (Wildman–Crippen MR) is 186 cm³/mol. The summed E-state index contributed by atoms with van der Waals surface area (Å²) in [6.45, 7) is 2.83. The Morgan fingerprint density at radius 3 is 0.800 bits per heavy atom. The van der Waals surface area contributed by atoms with Gasteiger partial charge in [0, 0.05) is 0 Å². The Labute approximate surface area is 272 Å². The molecule has 224 valence electrons. The van der Waals surface area contributed by atoms with Crippen LogP contribution in [0.3, 0.4) is 0 Å². The molecule has 0 atom stereocenters. The number of nitrogens with zero attached hydrogens (tertiary/aromatic N) is 3. The van der Waals surface area contributed by atoms with Crippen LogP contribution in [0, 0.1) is 0 Å². The summed E-state index contributed by atoms with van der Waals surface area (Å²) in [6, 6.07) is 64.4. The maximum atomic E-state index is 7.75. The van der Waals surface area contributed by atoms with Crippen LogP contribution in [-0.4, -0.2) is 6.61 Å². The molecule has 6 aromatic rings. The summed E-state index contributed by atoms with van der Waals surface area (Å²) in [5.41, 5.74) is 6.47. The fraction of sp³-hybridized carbons (Fsp3) is 0.100. The Balaban J connectivity index is 1.80. The maximum absolute atomic E-state index is 7.75. The van der Waals surface area contributed by atoms with E-state index in [2.05, 4.69) is 199 Å². The van der Waals surface area contributed by atoms with Crippen LogP contribution in [0.1, 0.15) is 19.8 Å². The quantitative estimate of drug-likeness (QED) is 0.0939. The number of benzene rings is 6. The Kier molecular flexibility index (Phi) is 10.1. The number of hydrogen-bond acceptors (Lipinski definition) is 4. The van der Waals surface area contributed by atoms with Gasteiger partial charge in [-0.15, -0.1) is 0 Å². The zero-order valence-corrected chi connectivity index (χ0v) is 27.3. The second kappa shape index (κ2) is 14.9. The topological polar surface area (TPSA) is 19.0 Å². The molecule has 0 amide bonds. The molecule has 0 saturated carbocycles. The second-order valence-electron chi connectivity index (χ2n) is 10.8. The average molecular weight is 626 g/mol. The van der Waals surface area contributed by atoms with Gasteiger partial charge < -0.3 is 0 Å². The van der Waals surface area contributed by atoms with Crippen molar-refractivity contribution in [3.63, 3.8) is 0 Å². The summed E-state index contributed by atoms with van der Waals surface area (Å²) in [5.74, 6) is 0. The second-order valence-corrected chi connectivity index (χ2v) is 15.1. The van der Waals surface area contributed by atoms with Gasteiger partial charge in [0.05, 0.1) is 0 Å². The fourth-order valence-electron chi connectivity index (χ4n) is 5.77. The van der Waals surface area contributed by atoms with Crippen molar-refractivity contribution in [2.75, 3.05) is 16.8 Å². The van der Waals surface area contributed by atoms with Crippen LogP contribution in [0.2, 0.25) is 0 Å². The van der Waals surface area contributed by atoms with E-state index < -0.39 is 17.7 Å². The number of rotatable bonds is 13. The summed E-state index contributed by atoms with van der Waals surface area (Å²) in [4.78, 5) is 0. The zero-order chi connectivity index (χ0) is 30.7.